The topological polar surface area (TPSA) is 73.2 Å². The Labute approximate surface area is 140 Å². The number of carbonyl (C=O) groups is 2. The lowest BCUT2D eigenvalue weighted by Crippen LogP contribution is -2.30. The highest BCUT2D eigenvalue weighted by Gasteiger charge is 2.39. The zero-order valence-corrected chi connectivity index (χ0v) is 13.3. The Morgan fingerprint density at radius 1 is 1.12 bits per heavy atom. The molecule has 0 bridgehead atoms. The average molecular weight is 319 g/mol. The molecule has 1 aliphatic heterocycles. The Morgan fingerprint density at radius 3 is 2.50 bits per heavy atom. The highest BCUT2D eigenvalue weighted by molar-refractivity contribution is 6.04. The Bertz CT molecular complexity index is 821. The van der Waals surface area contributed by atoms with Crippen molar-refractivity contribution in [1.29, 1.82) is 5.26 Å². The number of urea groups is 1. The predicted octanol–water partition coefficient (Wildman–Crippen LogP) is 2.91. The number of aryl methyl sites for hydroxylation is 1. The van der Waals surface area contributed by atoms with Gasteiger partial charge in [-0.2, -0.15) is 5.26 Å². The molecule has 1 fully saturated rings. The smallest absolute Gasteiger partial charge is 0.322 e. The molecule has 1 heterocycles. The molecule has 120 valence electrons. The number of nitrogens with zero attached hydrogens (tertiary/aromatic N) is 2. The number of carbonyl (C=O) groups excluding carboxylic acids is 2. The van der Waals surface area contributed by atoms with Crippen molar-refractivity contribution >= 4 is 11.9 Å². The van der Waals surface area contributed by atoms with Crippen LogP contribution >= 0.6 is 0 Å². The van der Waals surface area contributed by atoms with Crippen molar-refractivity contribution in [2.75, 3.05) is 0 Å². The number of rotatable bonds is 4. The van der Waals surface area contributed by atoms with Crippen LogP contribution in [0, 0.1) is 11.3 Å². The molecule has 3 amide bonds. The van der Waals surface area contributed by atoms with Crippen LogP contribution in [0.15, 0.2) is 48.5 Å². The van der Waals surface area contributed by atoms with Crippen LogP contribution < -0.4 is 5.32 Å². The van der Waals surface area contributed by atoms with Crippen molar-refractivity contribution in [2.45, 2.75) is 25.9 Å². The first-order valence-electron chi connectivity index (χ1n) is 7.82. The summed E-state index contributed by atoms with van der Waals surface area (Å²) in [5.41, 5.74) is 3.07. The minimum Gasteiger partial charge on any atom is -0.322 e. The Hall–Kier alpha value is -3.13. The summed E-state index contributed by atoms with van der Waals surface area (Å²) >= 11 is 0. The highest BCUT2D eigenvalue weighted by atomic mass is 16.2. The molecule has 3 rings (SSSR count). The maximum atomic E-state index is 12.6. The summed E-state index contributed by atoms with van der Waals surface area (Å²) in [5, 5.41) is 11.9. The van der Waals surface area contributed by atoms with Gasteiger partial charge in [0.2, 0.25) is 0 Å². The third kappa shape index (κ3) is 2.86. The van der Waals surface area contributed by atoms with E-state index in [0.29, 0.717) is 11.1 Å². The predicted molar refractivity (Wildman–Crippen MR) is 88.8 cm³/mol. The number of nitrogens with one attached hydrogen (secondary N) is 1. The van der Waals surface area contributed by atoms with E-state index in [2.05, 4.69) is 18.3 Å². The normalized spacial score (nSPS) is 16.8. The third-order valence-corrected chi connectivity index (χ3v) is 4.21. The number of nitriles is 1. The molecule has 0 spiro atoms. The van der Waals surface area contributed by atoms with E-state index < -0.39 is 12.1 Å². The number of hydrogen-bond donors (Lipinski definition) is 1. The van der Waals surface area contributed by atoms with Gasteiger partial charge in [-0.1, -0.05) is 49.4 Å². The molecular weight excluding hydrogens is 302 g/mol. The van der Waals surface area contributed by atoms with Crippen molar-refractivity contribution in [1.82, 2.24) is 10.2 Å². The van der Waals surface area contributed by atoms with E-state index in [1.807, 2.05) is 24.3 Å². The standard InChI is InChI=1S/C19H17N3O2/c1-2-13-7-9-14(10-8-13)17-18(23)22(19(24)21-17)12-16-6-4-3-5-15(16)11-20/h3-10,17H,2,12H2,1H3,(H,21,24). The van der Waals surface area contributed by atoms with E-state index in [1.54, 1.807) is 24.3 Å². The summed E-state index contributed by atoms with van der Waals surface area (Å²) < 4.78 is 0. The minimum atomic E-state index is -0.669. The average Bonchev–Trinajstić information content (AvgIpc) is 2.90. The molecule has 5 heteroatoms. The van der Waals surface area contributed by atoms with Gasteiger partial charge in [-0.25, -0.2) is 4.79 Å². The fourth-order valence-corrected chi connectivity index (χ4v) is 2.78. The van der Waals surface area contributed by atoms with E-state index in [-0.39, 0.29) is 12.5 Å². The summed E-state index contributed by atoms with van der Waals surface area (Å²) in [6.07, 6.45) is 0.919. The van der Waals surface area contributed by atoms with Crippen molar-refractivity contribution in [3.63, 3.8) is 0 Å². The van der Waals surface area contributed by atoms with Gasteiger partial charge in [0.05, 0.1) is 18.2 Å². The third-order valence-electron chi connectivity index (χ3n) is 4.21. The summed E-state index contributed by atoms with van der Waals surface area (Å²) in [4.78, 5) is 26.0. The molecule has 0 saturated carbocycles. The second-order valence-corrected chi connectivity index (χ2v) is 5.67. The van der Waals surface area contributed by atoms with Gasteiger partial charge in [0.25, 0.3) is 5.91 Å². The quantitative estimate of drug-likeness (QED) is 0.881. The molecule has 1 unspecified atom stereocenters. The lowest BCUT2D eigenvalue weighted by atomic mass is 10.0. The molecule has 1 N–H and O–H groups in total. The fourth-order valence-electron chi connectivity index (χ4n) is 2.78. The number of benzene rings is 2. The van der Waals surface area contributed by atoms with Crippen LogP contribution in [0.4, 0.5) is 4.79 Å². The van der Waals surface area contributed by atoms with Crippen LogP contribution in [0.5, 0.6) is 0 Å². The molecular formula is C19H17N3O2. The first-order valence-corrected chi connectivity index (χ1v) is 7.82. The summed E-state index contributed by atoms with van der Waals surface area (Å²) in [6.45, 7) is 2.16. The largest absolute Gasteiger partial charge is 0.325 e. The van der Waals surface area contributed by atoms with E-state index in [0.717, 1.165) is 16.9 Å². The van der Waals surface area contributed by atoms with Crippen LogP contribution in [0.1, 0.15) is 35.2 Å². The van der Waals surface area contributed by atoms with Crippen LogP contribution in [0.3, 0.4) is 0 Å². The molecule has 0 aliphatic carbocycles. The van der Waals surface area contributed by atoms with Crippen LogP contribution in [0.2, 0.25) is 0 Å². The monoisotopic (exact) mass is 319 g/mol. The Balaban J connectivity index is 1.82. The van der Waals surface area contributed by atoms with Crippen LogP contribution in [-0.2, 0) is 17.8 Å². The van der Waals surface area contributed by atoms with Gasteiger partial charge < -0.3 is 5.32 Å². The van der Waals surface area contributed by atoms with Crippen molar-refractivity contribution in [3.05, 3.63) is 70.8 Å². The first kappa shape index (κ1) is 15.8. The van der Waals surface area contributed by atoms with Gasteiger partial charge in [-0.05, 0) is 29.2 Å². The second kappa shape index (κ2) is 6.55. The van der Waals surface area contributed by atoms with Gasteiger partial charge in [0, 0.05) is 0 Å². The Kier molecular flexibility index (Phi) is 4.30. The number of imide groups is 1. The summed E-state index contributed by atoms with van der Waals surface area (Å²) in [6, 6.07) is 15.6. The zero-order valence-electron chi connectivity index (χ0n) is 13.3. The minimum absolute atomic E-state index is 0.0952. The molecule has 1 aliphatic rings. The molecule has 2 aromatic rings. The summed E-state index contributed by atoms with van der Waals surface area (Å²) in [5.74, 6) is -0.294. The Morgan fingerprint density at radius 2 is 1.83 bits per heavy atom. The van der Waals surface area contributed by atoms with Gasteiger partial charge in [-0.15, -0.1) is 0 Å². The van der Waals surface area contributed by atoms with Crippen molar-refractivity contribution in [2.24, 2.45) is 0 Å². The second-order valence-electron chi connectivity index (χ2n) is 5.67. The molecule has 24 heavy (non-hydrogen) atoms. The molecule has 0 radical (unpaired) electrons. The van der Waals surface area contributed by atoms with Crippen LogP contribution in [-0.4, -0.2) is 16.8 Å². The molecule has 1 atom stereocenters. The van der Waals surface area contributed by atoms with E-state index in [9.17, 15) is 9.59 Å². The van der Waals surface area contributed by atoms with E-state index >= 15 is 0 Å². The maximum Gasteiger partial charge on any atom is 0.325 e. The highest BCUT2D eigenvalue weighted by Crippen LogP contribution is 2.24. The summed E-state index contributed by atoms with van der Waals surface area (Å²) in [7, 11) is 0. The van der Waals surface area contributed by atoms with E-state index in [4.69, 9.17) is 5.26 Å². The van der Waals surface area contributed by atoms with Crippen molar-refractivity contribution in [3.8, 4) is 6.07 Å². The van der Waals surface area contributed by atoms with Crippen LogP contribution in [0.25, 0.3) is 0 Å². The first-order chi connectivity index (χ1) is 11.6. The fraction of sp³-hybridized carbons (Fsp3) is 0.211. The van der Waals surface area contributed by atoms with Gasteiger partial charge in [-0.3, -0.25) is 9.69 Å². The SMILES string of the molecule is CCc1ccc(C2NC(=O)N(Cc3ccccc3C#N)C2=O)cc1. The van der Waals surface area contributed by atoms with Crippen molar-refractivity contribution < 1.29 is 9.59 Å². The van der Waals surface area contributed by atoms with Gasteiger partial charge >= 0.3 is 6.03 Å². The number of hydrogen-bond acceptors (Lipinski definition) is 3. The zero-order chi connectivity index (χ0) is 17.1. The molecule has 5 nitrogen and oxygen atoms in total. The lowest BCUT2D eigenvalue weighted by molar-refractivity contribution is -0.128. The molecule has 0 aromatic heterocycles. The maximum absolute atomic E-state index is 12.6. The number of amides is 3. The molecule has 2 aromatic carbocycles. The molecule has 1 saturated heterocycles. The van der Waals surface area contributed by atoms with Gasteiger partial charge in [0.1, 0.15) is 6.04 Å². The van der Waals surface area contributed by atoms with Gasteiger partial charge in [0.15, 0.2) is 0 Å². The lowest BCUT2D eigenvalue weighted by Gasteiger charge is -2.14. The van der Waals surface area contributed by atoms with E-state index in [1.165, 1.54) is 5.56 Å².